The molecule has 0 aliphatic carbocycles. The molecule has 30 heavy (non-hydrogen) atoms. The quantitative estimate of drug-likeness (QED) is 0.640. The van der Waals surface area contributed by atoms with Crippen molar-refractivity contribution in [3.05, 3.63) is 60.2 Å². The number of halogens is 1. The van der Waals surface area contributed by atoms with Gasteiger partial charge < -0.3 is 19.5 Å². The number of aromatic nitrogens is 1. The lowest BCUT2D eigenvalue weighted by molar-refractivity contribution is -0.895. The molecule has 0 spiro atoms. The number of piperazine rings is 1. The van der Waals surface area contributed by atoms with Crippen LogP contribution in [-0.4, -0.2) is 54.4 Å². The van der Waals surface area contributed by atoms with E-state index in [1.165, 1.54) is 24.3 Å². The van der Waals surface area contributed by atoms with E-state index in [1.807, 2.05) is 29.2 Å². The number of nitrogens with one attached hydrogen (secondary N) is 2. The maximum Gasteiger partial charge on any atom is 0.279 e. The van der Waals surface area contributed by atoms with E-state index in [9.17, 15) is 14.0 Å². The summed E-state index contributed by atoms with van der Waals surface area (Å²) in [5.74, 6) is 0.196. The van der Waals surface area contributed by atoms with Gasteiger partial charge in [-0.05, 0) is 36.4 Å². The topological polar surface area (TPSA) is 79.9 Å². The number of oxazole rings is 1. The molecule has 2 N–H and O–H groups in total. The van der Waals surface area contributed by atoms with Crippen LogP contribution in [0.5, 0.6) is 0 Å². The highest BCUT2D eigenvalue weighted by molar-refractivity contribution is 5.91. The van der Waals surface area contributed by atoms with Gasteiger partial charge >= 0.3 is 0 Å². The van der Waals surface area contributed by atoms with Crippen LogP contribution >= 0.6 is 0 Å². The third kappa shape index (κ3) is 5.01. The first kappa shape index (κ1) is 20.0. The second kappa shape index (κ2) is 9.04. The summed E-state index contributed by atoms with van der Waals surface area (Å²) in [4.78, 5) is 32.1. The van der Waals surface area contributed by atoms with Crippen molar-refractivity contribution in [3.8, 4) is 0 Å². The molecular formula is C22H24FN4O3+. The average Bonchev–Trinajstić information content (AvgIpc) is 3.17. The Morgan fingerprint density at radius 1 is 1.10 bits per heavy atom. The SMILES string of the molecule is O=C(C[NH+]1CCN(C(=O)CCc2nc3ccccc3o2)CC1)Nc1ccc(F)cc1. The van der Waals surface area contributed by atoms with E-state index >= 15 is 0 Å². The largest absolute Gasteiger partial charge is 0.441 e. The number of hydrogen-bond acceptors (Lipinski definition) is 4. The van der Waals surface area contributed by atoms with Crippen molar-refractivity contribution in [1.29, 1.82) is 0 Å². The van der Waals surface area contributed by atoms with E-state index in [-0.39, 0.29) is 17.6 Å². The minimum absolute atomic E-state index is 0.0760. The summed E-state index contributed by atoms with van der Waals surface area (Å²) in [6.45, 7) is 2.98. The van der Waals surface area contributed by atoms with Gasteiger partial charge in [-0.2, -0.15) is 0 Å². The van der Waals surface area contributed by atoms with Gasteiger partial charge in [0, 0.05) is 18.5 Å². The molecule has 0 unspecified atom stereocenters. The van der Waals surface area contributed by atoms with Crippen LogP contribution < -0.4 is 10.2 Å². The van der Waals surface area contributed by atoms with Gasteiger partial charge in [0.1, 0.15) is 11.3 Å². The van der Waals surface area contributed by atoms with E-state index in [2.05, 4.69) is 10.3 Å². The number of nitrogens with zero attached hydrogens (tertiary/aromatic N) is 2. The van der Waals surface area contributed by atoms with Crippen LogP contribution in [0.15, 0.2) is 52.9 Å². The maximum absolute atomic E-state index is 12.9. The van der Waals surface area contributed by atoms with Crippen molar-refractivity contribution in [3.63, 3.8) is 0 Å². The van der Waals surface area contributed by atoms with Crippen molar-refractivity contribution in [2.45, 2.75) is 12.8 Å². The molecule has 1 aliphatic rings. The van der Waals surface area contributed by atoms with E-state index in [0.29, 0.717) is 57.1 Å². The van der Waals surface area contributed by atoms with Gasteiger partial charge in [0.25, 0.3) is 5.91 Å². The van der Waals surface area contributed by atoms with Gasteiger partial charge in [0.05, 0.1) is 26.2 Å². The number of carbonyl (C=O) groups is 2. The minimum Gasteiger partial charge on any atom is -0.441 e. The third-order valence-corrected chi connectivity index (χ3v) is 5.25. The lowest BCUT2D eigenvalue weighted by Crippen LogP contribution is -3.15. The highest BCUT2D eigenvalue weighted by Crippen LogP contribution is 2.16. The smallest absolute Gasteiger partial charge is 0.279 e. The van der Waals surface area contributed by atoms with Gasteiger partial charge in [-0.3, -0.25) is 9.59 Å². The number of anilines is 1. The summed E-state index contributed by atoms with van der Waals surface area (Å²) in [5.41, 5.74) is 2.11. The summed E-state index contributed by atoms with van der Waals surface area (Å²) in [7, 11) is 0. The number of aryl methyl sites for hydroxylation is 1. The fourth-order valence-corrected chi connectivity index (χ4v) is 3.61. The summed E-state index contributed by atoms with van der Waals surface area (Å²) in [6, 6.07) is 13.2. The Labute approximate surface area is 173 Å². The average molecular weight is 411 g/mol. The maximum atomic E-state index is 12.9. The molecule has 3 aromatic rings. The van der Waals surface area contributed by atoms with Crippen LogP contribution in [0.2, 0.25) is 0 Å². The molecule has 2 heterocycles. The Morgan fingerprint density at radius 3 is 2.57 bits per heavy atom. The van der Waals surface area contributed by atoms with Crippen molar-refractivity contribution < 1.29 is 23.3 Å². The predicted octanol–water partition coefficient (Wildman–Crippen LogP) is 1.27. The fraction of sp³-hybridized carbons (Fsp3) is 0.318. The van der Waals surface area contributed by atoms with Crippen LogP contribution in [0.25, 0.3) is 11.1 Å². The molecule has 1 aromatic heterocycles. The first-order valence-electron chi connectivity index (χ1n) is 10.1. The highest BCUT2D eigenvalue weighted by Gasteiger charge is 2.25. The zero-order valence-electron chi connectivity index (χ0n) is 16.6. The molecule has 8 heteroatoms. The number of para-hydroxylation sites is 2. The van der Waals surface area contributed by atoms with Gasteiger partial charge in [-0.1, -0.05) is 12.1 Å². The molecule has 0 radical (unpaired) electrons. The van der Waals surface area contributed by atoms with Gasteiger partial charge in [-0.25, -0.2) is 9.37 Å². The number of hydrogen-bond donors (Lipinski definition) is 2. The second-order valence-electron chi connectivity index (χ2n) is 7.44. The molecule has 0 atom stereocenters. The molecule has 7 nitrogen and oxygen atoms in total. The molecule has 2 aromatic carbocycles. The number of fused-ring (bicyclic) bond motifs is 1. The highest BCUT2D eigenvalue weighted by atomic mass is 19.1. The van der Waals surface area contributed by atoms with Crippen molar-refractivity contribution in [2.24, 2.45) is 0 Å². The lowest BCUT2D eigenvalue weighted by Gasteiger charge is -2.31. The van der Waals surface area contributed by atoms with E-state index in [0.717, 1.165) is 16.0 Å². The van der Waals surface area contributed by atoms with Gasteiger partial charge in [-0.15, -0.1) is 0 Å². The minimum atomic E-state index is -0.337. The van der Waals surface area contributed by atoms with Gasteiger partial charge in [0.15, 0.2) is 18.0 Å². The Morgan fingerprint density at radius 2 is 1.83 bits per heavy atom. The number of amides is 2. The number of carbonyl (C=O) groups excluding carboxylic acids is 2. The molecule has 0 saturated carbocycles. The first-order chi connectivity index (χ1) is 14.6. The summed E-state index contributed by atoms with van der Waals surface area (Å²) in [5, 5.41) is 2.78. The normalized spacial score (nSPS) is 14.8. The first-order valence-corrected chi connectivity index (χ1v) is 10.1. The van der Waals surface area contributed by atoms with Crippen LogP contribution in [0.3, 0.4) is 0 Å². The molecule has 0 bridgehead atoms. The molecule has 2 amide bonds. The van der Waals surface area contributed by atoms with Crippen LogP contribution in [0.1, 0.15) is 12.3 Å². The Hall–Kier alpha value is -3.26. The molecular weight excluding hydrogens is 387 g/mol. The summed E-state index contributed by atoms with van der Waals surface area (Å²) < 4.78 is 18.6. The molecule has 156 valence electrons. The zero-order valence-corrected chi connectivity index (χ0v) is 16.6. The lowest BCUT2D eigenvalue weighted by atomic mass is 10.2. The molecule has 1 aliphatic heterocycles. The zero-order chi connectivity index (χ0) is 20.9. The Kier molecular flexibility index (Phi) is 6.04. The van der Waals surface area contributed by atoms with Crippen LogP contribution in [-0.2, 0) is 16.0 Å². The number of quaternary nitrogens is 1. The van der Waals surface area contributed by atoms with Crippen molar-refractivity contribution in [2.75, 3.05) is 38.0 Å². The summed E-state index contributed by atoms with van der Waals surface area (Å²) in [6.07, 6.45) is 0.827. The molecule has 1 fully saturated rings. The Balaban J connectivity index is 1.20. The second-order valence-corrected chi connectivity index (χ2v) is 7.44. The van der Waals surface area contributed by atoms with E-state index in [1.54, 1.807) is 0 Å². The van der Waals surface area contributed by atoms with Gasteiger partial charge in [0.2, 0.25) is 5.91 Å². The monoisotopic (exact) mass is 411 g/mol. The molecule has 4 rings (SSSR count). The number of rotatable bonds is 6. The van der Waals surface area contributed by atoms with E-state index < -0.39 is 0 Å². The Bertz CT molecular complexity index is 993. The van der Waals surface area contributed by atoms with Crippen molar-refractivity contribution in [1.82, 2.24) is 9.88 Å². The number of benzene rings is 2. The van der Waals surface area contributed by atoms with Crippen LogP contribution in [0.4, 0.5) is 10.1 Å². The van der Waals surface area contributed by atoms with E-state index in [4.69, 9.17) is 4.42 Å². The third-order valence-electron chi connectivity index (χ3n) is 5.25. The standard InChI is InChI=1S/C22H23FN4O3/c23-16-5-7-17(8-6-16)24-20(28)15-26-11-13-27(14-12-26)22(29)10-9-21-25-18-3-1-2-4-19(18)30-21/h1-8H,9-15H2,(H,24,28)/p+1. The predicted molar refractivity (Wildman–Crippen MR) is 110 cm³/mol. The fourth-order valence-electron chi connectivity index (χ4n) is 3.61. The van der Waals surface area contributed by atoms with Crippen molar-refractivity contribution >= 4 is 28.6 Å². The molecule has 1 saturated heterocycles. The summed E-state index contributed by atoms with van der Waals surface area (Å²) >= 11 is 0. The van der Waals surface area contributed by atoms with Crippen LogP contribution in [0, 0.1) is 5.82 Å².